The number of nitrogens with one attached hydrogen (secondary N) is 3. The molecule has 0 aromatic heterocycles. The first kappa shape index (κ1) is 21.3. The minimum Gasteiger partial charge on any atom is -0.370 e. The second kappa shape index (κ2) is 11.8. The minimum absolute atomic E-state index is 0.0412. The van der Waals surface area contributed by atoms with E-state index in [1.54, 1.807) is 0 Å². The van der Waals surface area contributed by atoms with Gasteiger partial charge in [0.1, 0.15) is 6.29 Å². The third kappa shape index (κ3) is 11.0. The number of hydrogen-bond donors (Lipinski definition) is 6. The summed E-state index contributed by atoms with van der Waals surface area (Å²) in [6, 6.07) is -1.42. The third-order valence-electron chi connectivity index (χ3n) is 2.76. The van der Waals surface area contributed by atoms with Gasteiger partial charge >= 0.3 is 0 Å². The van der Waals surface area contributed by atoms with Gasteiger partial charge in [-0.15, -0.1) is 0 Å². The Balaban J connectivity index is 4.00. The number of aliphatic imine (C=N–C) groups is 1. The lowest BCUT2D eigenvalue weighted by atomic mass is 10.2. The highest BCUT2D eigenvalue weighted by atomic mass is 16.2. The van der Waals surface area contributed by atoms with Crippen molar-refractivity contribution in [3.05, 3.63) is 0 Å². The zero-order valence-electron chi connectivity index (χ0n) is 13.6. The predicted molar refractivity (Wildman–Crippen MR) is 87.6 cm³/mol. The Kier molecular flexibility index (Phi) is 10.5. The van der Waals surface area contributed by atoms with Crippen molar-refractivity contribution in [3.63, 3.8) is 0 Å². The molecule has 0 fully saturated rings. The van der Waals surface area contributed by atoms with Gasteiger partial charge in [-0.25, -0.2) is 0 Å². The van der Waals surface area contributed by atoms with Crippen molar-refractivity contribution in [1.29, 1.82) is 0 Å². The number of carbonyl (C=O) groups is 4. The summed E-state index contributed by atoms with van der Waals surface area (Å²) in [6.07, 6.45) is 1.47. The number of aldehydes is 1. The molecule has 0 aliphatic carbocycles. The van der Waals surface area contributed by atoms with Crippen molar-refractivity contribution >= 4 is 30.0 Å². The quantitative estimate of drug-likeness (QED) is 0.0960. The predicted octanol–water partition coefficient (Wildman–Crippen LogP) is -3.70. The SMILES string of the molecule is CC(N)C(=O)NCC(=O)NCC(=O)NC(C=O)CCCN=C(N)N. The van der Waals surface area contributed by atoms with E-state index in [-0.39, 0.29) is 19.0 Å². The summed E-state index contributed by atoms with van der Waals surface area (Å²) in [7, 11) is 0. The largest absolute Gasteiger partial charge is 0.370 e. The van der Waals surface area contributed by atoms with E-state index >= 15 is 0 Å². The van der Waals surface area contributed by atoms with Gasteiger partial charge in [0.05, 0.1) is 25.2 Å². The molecule has 0 aromatic carbocycles. The van der Waals surface area contributed by atoms with Gasteiger partial charge in [-0.05, 0) is 19.8 Å². The number of hydrogen-bond acceptors (Lipinski definition) is 6. The van der Waals surface area contributed by atoms with E-state index < -0.39 is 29.8 Å². The lowest BCUT2D eigenvalue weighted by molar-refractivity contribution is -0.128. The van der Waals surface area contributed by atoms with Crippen LogP contribution in [0.4, 0.5) is 0 Å². The third-order valence-corrected chi connectivity index (χ3v) is 2.76. The standard InChI is InChI=1S/C13H25N7O4/c1-8(14)12(24)19-5-10(22)18-6-11(23)20-9(7-21)3-2-4-17-13(15)16/h7-9H,2-6,14H2,1H3,(H,18,22)(H,19,24)(H,20,23)(H4,15,16,17). The lowest BCUT2D eigenvalue weighted by Crippen LogP contribution is -2.47. The average molecular weight is 343 g/mol. The van der Waals surface area contributed by atoms with Crippen LogP contribution in [-0.2, 0) is 19.2 Å². The number of carbonyl (C=O) groups excluding carboxylic acids is 4. The van der Waals surface area contributed by atoms with Crippen LogP contribution in [0.15, 0.2) is 4.99 Å². The first-order chi connectivity index (χ1) is 11.3. The average Bonchev–Trinajstić information content (AvgIpc) is 2.52. The van der Waals surface area contributed by atoms with Gasteiger partial charge < -0.3 is 37.9 Å². The minimum atomic E-state index is -0.728. The molecule has 11 heteroatoms. The van der Waals surface area contributed by atoms with Crippen LogP contribution < -0.4 is 33.2 Å². The van der Waals surface area contributed by atoms with E-state index in [0.29, 0.717) is 25.7 Å². The number of amides is 3. The Morgan fingerprint density at radius 2 is 1.75 bits per heavy atom. The maximum atomic E-state index is 11.6. The zero-order chi connectivity index (χ0) is 18.5. The molecule has 0 heterocycles. The second-order valence-electron chi connectivity index (χ2n) is 5.04. The fraction of sp³-hybridized carbons (Fsp3) is 0.615. The lowest BCUT2D eigenvalue weighted by Gasteiger charge is -2.13. The van der Waals surface area contributed by atoms with E-state index in [4.69, 9.17) is 17.2 Å². The fourth-order valence-corrected chi connectivity index (χ4v) is 1.52. The summed E-state index contributed by atoms with van der Waals surface area (Å²) in [5, 5.41) is 7.07. The Bertz CT molecular complexity index is 475. The van der Waals surface area contributed by atoms with Crippen LogP contribution in [0.25, 0.3) is 0 Å². The van der Waals surface area contributed by atoms with Gasteiger partial charge in [-0.2, -0.15) is 0 Å². The summed E-state index contributed by atoms with van der Waals surface area (Å²) in [5.41, 5.74) is 15.6. The molecule has 24 heavy (non-hydrogen) atoms. The monoisotopic (exact) mass is 343 g/mol. The van der Waals surface area contributed by atoms with Crippen molar-refractivity contribution in [2.45, 2.75) is 31.8 Å². The molecule has 0 rings (SSSR count). The van der Waals surface area contributed by atoms with Gasteiger partial charge in [0.25, 0.3) is 0 Å². The highest BCUT2D eigenvalue weighted by Crippen LogP contribution is 1.95. The molecule has 0 saturated heterocycles. The van der Waals surface area contributed by atoms with Gasteiger partial charge in [-0.1, -0.05) is 0 Å². The molecular formula is C13H25N7O4. The summed E-state index contributed by atoms with van der Waals surface area (Å²) in [6.45, 7) is 1.22. The van der Waals surface area contributed by atoms with Crippen molar-refractivity contribution in [2.24, 2.45) is 22.2 Å². The van der Waals surface area contributed by atoms with Crippen molar-refractivity contribution in [1.82, 2.24) is 16.0 Å². The Hall–Kier alpha value is -2.69. The first-order valence-electron chi connectivity index (χ1n) is 7.36. The Labute approximate surface area is 139 Å². The number of guanidine groups is 1. The highest BCUT2D eigenvalue weighted by Gasteiger charge is 2.13. The van der Waals surface area contributed by atoms with Crippen LogP contribution >= 0.6 is 0 Å². The van der Waals surface area contributed by atoms with Gasteiger partial charge in [-0.3, -0.25) is 19.4 Å². The molecule has 0 aliphatic rings. The van der Waals surface area contributed by atoms with E-state index in [0.717, 1.165) is 0 Å². The van der Waals surface area contributed by atoms with E-state index in [2.05, 4.69) is 20.9 Å². The molecule has 0 spiro atoms. The summed E-state index contributed by atoms with van der Waals surface area (Å²) < 4.78 is 0. The smallest absolute Gasteiger partial charge is 0.239 e. The van der Waals surface area contributed by atoms with Crippen LogP contribution in [0.5, 0.6) is 0 Å². The molecule has 2 atom stereocenters. The highest BCUT2D eigenvalue weighted by molar-refractivity contribution is 5.89. The van der Waals surface area contributed by atoms with Crippen LogP contribution in [0.3, 0.4) is 0 Å². The molecular weight excluding hydrogens is 318 g/mol. The molecule has 0 aliphatic heterocycles. The van der Waals surface area contributed by atoms with E-state index in [1.807, 2.05) is 0 Å². The normalized spacial score (nSPS) is 12.4. The molecule has 136 valence electrons. The van der Waals surface area contributed by atoms with E-state index in [1.165, 1.54) is 6.92 Å². The fourth-order valence-electron chi connectivity index (χ4n) is 1.52. The van der Waals surface area contributed by atoms with Gasteiger partial charge in [0.2, 0.25) is 17.7 Å². The van der Waals surface area contributed by atoms with Gasteiger partial charge in [0, 0.05) is 6.54 Å². The first-order valence-corrected chi connectivity index (χ1v) is 7.36. The van der Waals surface area contributed by atoms with Crippen LogP contribution in [-0.4, -0.2) is 61.7 Å². The summed E-state index contributed by atoms with van der Waals surface area (Å²) >= 11 is 0. The summed E-state index contributed by atoms with van der Waals surface area (Å²) in [5.74, 6) is -1.59. The van der Waals surface area contributed by atoms with Crippen molar-refractivity contribution < 1.29 is 19.2 Å². The van der Waals surface area contributed by atoms with Gasteiger partial charge in [0.15, 0.2) is 5.96 Å². The maximum Gasteiger partial charge on any atom is 0.239 e. The molecule has 3 amide bonds. The maximum absolute atomic E-state index is 11.6. The Morgan fingerprint density at radius 1 is 1.12 bits per heavy atom. The molecule has 2 unspecified atom stereocenters. The Morgan fingerprint density at radius 3 is 2.29 bits per heavy atom. The van der Waals surface area contributed by atoms with Crippen molar-refractivity contribution in [3.8, 4) is 0 Å². The van der Waals surface area contributed by atoms with Crippen LogP contribution in [0.2, 0.25) is 0 Å². The molecule has 0 radical (unpaired) electrons. The number of rotatable bonds is 11. The molecule has 9 N–H and O–H groups in total. The van der Waals surface area contributed by atoms with E-state index in [9.17, 15) is 19.2 Å². The number of nitrogens with two attached hydrogens (primary N) is 3. The number of nitrogens with zero attached hydrogens (tertiary/aromatic N) is 1. The van der Waals surface area contributed by atoms with Crippen molar-refractivity contribution in [2.75, 3.05) is 19.6 Å². The van der Waals surface area contributed by atoms with Crippen LogP contribution in [0.1, 0.15) is 19.8 Å². The van der Waals surface area contributed by atoms with Crippen LogP contribution in [0, 0.1) is 0 Å². The summed E-state index contributed by atoms with van der Waals surface area (Å²) in [4.78, 5) is 48.9. The molecule has 0 aromatic rings. The molecule has 0 saturated carbocycles. The molecule has 11 nitrogen and oxygen atoms in total. The molecule has 0 bridgehead atoms. The zero-order valence-corrected chi connectivity index (χ0v) is 13.6. The second-order valence-corrected chi connectivity index (χ2v) is 5.04. The topological polar surface area (TPSA) is 195 Å².